The lowest BCUT2D eigenvalue weighted by Crippen LogP contribution is -2.00. The van der Waals surface area contributed by atoms with Crippen molar-refractivity contribution in [1.82, 2.24) is 0 Å². The molecule has 1 heteroatoms. The van der Waals surface area contributed by atoms with E-state index in [1.165, 1.54) is 0 Å². The van der Waals surface area contributed by atoms with Gasteiger partial charge in [0, 0.05) is 0 Å². The zero-order valence-electron chi connectivity index (χ0n) is 6.16. The Hall–Kier alpha value is -1.08. The van der Waals surface area contributed by atoms with E-state index < -0.39 is 6.10 Å². The molecular formula is C10H9O. The van der Waals surface area contributed by atoms with Crippen LogP contribution in [0.5, 0.6) is 0 Å². The van der Waals surface area contributed by atoms with Gasteiger partial charge in [-0.05, 0) is 17.5 Å². The van der Waals surface area contributed by atoms with Crippen LogP contribution in [0.4, 0.5) is 0 Å². The maximum Gasteiger partial charge on any atom is 0.122 e. The number of benzene rings is 1. The third kappa shape index (κ3) is 1.08. The molecule has 1 aliphatic rings. The van der Waals surface area contributed by atoms with Crippen molar-refractivity contribution in [3.8, 4) is 0 Å². The molecule has 0 saturated carbocycles. The summed E-state index contributed by atoms with van der Waals surface area (Å²) < 4.78 is 0. The molecule has 1 nitrogen and oxygen atoms in total. The molecule has 0 saturated heterocycles. The lowest BCUT2D eigenvalue weighted by atomic mass is 9.95. The molecule has 0 aliphatic heterocycles. The van der Waals surface area contributed by atoms with Crippen molar-refractivity contribution in [2.24, 2.45) is 0 Å². The lowest BCUT2D eigenvalue weighted by Gasteiger charge is -2.13. The summed E-state index contributed by atoms with van der Waals surface area (Å²) in [6.07, 6.45) is 4.05. The predicted molar refractivity (Wildman–Crippen MR) is 43.5 cm³/mol. The SMILES string of the molecule is [O]C1CC=Cc2ccccc21. The highest BCUT2D eigenvalue weighted by Crippen LogP contribution is 2.27. The van der Waals surface area contributed by atoms with Gasteiger partial charge in [-0.15, -0.1) is 0 Å². The van der Waals surface area contributed by atoms with Gasteiger partial charge in [0.05, 0.1) is 0 Å². The van der Waals surface area contributed by atoms with Crippen molar-refractivity contribution in [2.45, 2.75) is 12.5 Å². The van der Waals surface area contributed by atoms with Gasteiger partial charge in [0.1, 0.15) is 6.10 Å². The highest BCUT2D eigenvalue weighted by molar-refractivity contribution is 5.56. The van der Waals surface area contributed by atoms with Gasteiger partial charge < -0.3 is 0 Å². The van der Waals surface area contributed by atoms with E-state index in [4.69, 9.17) is 0 Å². The first-order valence-electron chi connectivity index (χ1n) is 3.79. The van der Waals surface area contributed by atoms with Gasteiger partial charge in [-0.25, -0.2) is 5.11 Å². The molecule has 55 valence electrons. The fraction of sp³-hybridized carbons (Fsp3) is 0.200. The van der Waals surface area contributed by atoms with Gasteiger partial charge in [-0.1, -0.05) is 36.4 Å². The molecule has 1 unspecified atom stereocenters. The molecule has 2 rings (SSSR count). The van der Waals surface area contributed by atoms with Crippen molar-refractivity contribution in [2.75, 3.05) is 0 Å². The summed E-state index contributed by atoms with van der Waals surface area (Å²) in [7, 11) is 0. The van der Waals surface area contributed by atoms with Crippen LogP contribution in [0.2, 0.25) is 0 Å². The summed E-state index contributed by atoms with van der Waals surface area (Å²) in [6, 6.07) is 7.77. The van der Waals surface area contributed by atoms with E-state index in [0.717, 1.165) is 11.1 Å². The van der Waals surface area contributed by atoms with E-state index in [9.17, 15) is 5.11 Å². The van der Waals surface area contributed by atoms with E-state index in [0.29, 0.717) is 6.42 Å². The molecule has 0 aromatic heterocycles. The Morgan fingerprint density at radius 2 is 2.09 bits per heavy atom. The first-order chi connectivity index (χ1) is 5.38. The van der Waals surface area contributed by atoms with Gasteiger partial charge in [0.15, 0.2) is 0 Å². The molecule has 0 spiro atoms. The molecule has 1 radical (unpaired) electrons. The van der Waals surface area contributed by atoms with Gasteiger partial charge in [0.25, 0.3) is 0 Å². The van der Waals surface area contributed by atoms with Gasteiger partial charge in [-0.3, -0.25) is 0 Å². The largest absolute Gasteiger partial charge is 0.228 e. The fourth-order valence-electron chi connectivity index (χ4n) is 1.40. The van der Waals surface area contributed by atoms with Crippen molar-refractivity contribution in [1.29, 1.82) is 0 Å². The lowest BCUT2D eigenvalue weighted by molar-refractivity contribution is 0.0907. The summed E-state index contributed by atoms with van der Waals surface area (Å²) in [4.78, 5) is 0. The van der Waals surface area contributed by atoms with E-state index in [1.807, 2.05) is 36.4 Å². The summed E-state index contributed by atoms with van der Waals surface area (Å²) in [5, 5.41) is 11.3. The highest BCUT2D eigenvalue weighted by atomic mass is 16.3. The molecule has 1 aliphatic carbocycles. The highest BCUT2D eigenvalue weighted by Gasteiger charge is 2.13. The molecule has 1 aromatic carbocycles. The molecular weight excluding hydrogens is 136 g/mol. The van der Waals surface area contributed by atoms with Crippen LogP contribution in [-0.2, 0) is 5.11 Å². The average Bonchev–Trinajstić information content (AvgIpc) is 2.06. The zero-order valence-corrected chi connectivity index (χ0v) is 6.16. The zero-order chi connectivity index (χ0) is 7.68. The summed E-state index contributed by atoms with van der Waals surface area (Å²) in [5.74, 6) is 0. The monoisotopic (exact) mass is 145 g/mol. The second-order valence-corrected chi connectivity index (χ2v) is 2.76. The molecule has 1 atom stereocenters. The first kappa shape index (κ1) is 6.62. The molecule has 0 heterocycles. The third-order valence-electron chi connectivity index (χ3n) is 1.99. The maximum atomic E-state index is 11.3. The average molecular weight is 145 g/mol. The maximum absolute atomic E-state index is 11.3. The Bertz CT molecular complexity index is 289. The Morgan fingerprint density at radius 3 is 2.91 bits per heavy atom. The second-order valence-electron chi connectivity index (χ2n) is 2.76. The van der Waals surface area contributed by atoms with Crippen LogP contribution in [0.15, 0.2) is 30.3 Å². The molecule has 0 amide bonds. The van der Waals surface area contributed by atoms with Crippen LogP contribution >= 0.6 is 0 Å². The smallest absolute Gasteiger partial charge is 0.122 e. The van der Waals surface area contributed by atoms with Crippen molar-refractivity contribution in [3.63, 3.8) is 0 Å². The molecule has 0 fully saturated rings. The predicted octanol–water partition coefficient (Wildman–Crippen LogP) is 2.58. The van der Waals surface area contributed by atoms with Gasteiger partial charge in [0.2, 0.25) is 0 Å². The van der Waals surface area contributed by atoms with E-state index >= 15 is 0 Å². The molecule has 0 bridgehead atoms. The molecule has 1 aromatic rings. The second kappa shape index (κ2) is 2.51. The Labute approximate surface area is 66.0 Å². The normalized spacial score (nSPS) is 21.4. The quantitative estimate of drug-likeness (QED) is 0.534. The van der Waals surface area contributed by atoms with Crippen LogP contribution in [0.1, 0.15) is 23.7 Å². The summed E-state index contributed by atoms with van der Waals surface area (Å²) in [6.45, 7) is 0. The summed E-state index contributed by atoms with van der Waals surface area (Å²) in [5.41, 5.74) is 2.02. The summed E-state index contributed by atoms with van der Waals surface area (Å²) >= 11 is 0. The Kier molecular flexibility index (Phi) is 1.51. The van der Waals surface area contributed by atoms with E-state index in [-0.39, 0.29) is 0 Å². The van der Waals surface area contributed by atoms with Gasteiger partial charge >= 0.3 is 0 Å². The first-order valence-corrected chi connectivity index (χ1v) is 3.79. The standard InChI is InChI=1S/C10H9O/c11-10-7-3-5-8-4-1-2-6-9(8)10/h1-6,10H,7H2. The Balaban J connectivity index is 2.54. The number of fused-ring (bicyclic) bond motifs is 1. The van der Waals surface area contributed by atoms with Crippen molar-refractivity contribution < 1.29 is 5.11 Å². The van der Waals surface area contributed by atoms with Crippen LogP contribution in [0.25, 0.3) is 6.08 Å². The van der Waals surface area contributed by atoms with Crippen LogP contribution < -0.4 is 0 Å². The van der Waals surface area contributed by atoms with Crippen LogP contribution in [0, 0.1) is 0 Å². The van der Waals surface area contributed by atoms with E-state index in [1.54, 1.807) is 0 Å². The Morgan fingerprint density at radius 1 is 1.27 bits per heavy atom. The van der Waals surface area contributed by atoms with Crippen molar-refractivity contribution >= 4 is 6.08 Å². The minimum Gasteiger partial charge on any atom is -0.228 e. The van der Waals surface area contributed by atoms with Crippen molar-refractivity contribution in [3.05, 3.63) is 41.5 Å². The number of hydrogen-bond acceptors (Lipinski definition) is 0. The minimum absolute atomic E-state index is 0.545. The topological polar surface area (TPSA) is 19.9 Å². The molecule has 11 heavy (non-hydrogen) atoms. The van der Waals surface area contributed by atoms with Gasteiger partial charge in [-0.2, -0.15) is 0 Å². The number of hydrogen-bond donors (Lipinski definition) is 0. The third-order valence-corrected chi connectivity index (χ3v) is 1.99. The molecule has 0 N–H and O–H groups in total. The van der Waals surface area contributed by atoms with Crippen LogP contribution in [0.3, 0.4) is 0 Å². The number of rotatable bonds is 0. The minimum atomic E-state index is -0.545. The fourth-order valence-corrected chi connectivity index (χ4v) is 1.40. The van der Waals surface area contributed by atoms with E-state index in [2.05, 4.69) is 0 Å². The van der Waals surface area contributed by atoms with Crippen LogP contribution in [-0.4, -0.2) is 0 Å².